The predicted octanol–water partition coefficient (Wildman–Crippen LogP) is 8.84. The molecule has 0 bridgehead atoms. The van der Waals surface area contributed by atoms with Crippen molar-refractivity contribution >= 4 is 34.8 Å². The summed E-state index contributed by atoms with van der Waals surface area (Å²) in [5, 5.41) is 1.16. The zero-order valence-electron chi connectivity index (χ0n) is 30.3. The first-order valence-electron chi connectivity index (χ1n) is 16.6. The third-order valence-electron chi connectivity index (χ3n) is 7.60. The smallest absolute Gasteiger partial charge is 0.175 e. The third-order valence-corrected chi connectivity index (χ3v) is 8.18. The first kappa shape index (κ1) is 38.1. The molecule has 0 N–H and O–H groups in total. The molecule has 1 aliphatic rings. The topological polar surface area (TPSA) is 72.4 Å². The van der Waals surface area contributed by atoms with Gasteiger partial charge in [0.2, 0.25) is 0 Å². The maximum absolute atomic E-state index is 6.64. The van der Waals surface area contributed by atoms with Gasteiger partial charge in [-0.2, -0.15) is 0 Å². The van der Waals surface area contributed by atoms with Crippen LogP contribution >= 0.6 is 23.2 Å². The molecule has 11 heteroatoms. The van der Waals surface area contributed by atoms with Gasteiger partial charge < -0.3 is 28.7 Å². The van der Waals surface area contributed by atoms with Gasteiger partial charge in [-0.05, 0) is 106 Å². The molecule has 1 unspecified atom stereocenters. The highest BCUT2D eigenvalue weighted by Gasteiger charge is 2.25. The van der Waals surface area contributed by atoms with Crippen molar-refractivity contribution in [3.05, 3.63) is 64.4 Å². The van der Waals surface area contributed by atoms with Gasteiger partial charge in [-0.3, -0.25) is 4.90 Å². The Morgan fingerprint density at radius 3 is 1.92 bits per heavy atom. The van der Waals surface area contributed by atoms with Crippen molar-refractivity contribution in [3.8, 4) is 16.9 Å². The van der Waals surface area contributed by atoms with Crippen LogP contribution in [0.2, 0.25) is 10.0 Å². The molecular formula is C37H53Cl2N5O4. The van der Waals surface area contributed by atoms with Crippen LogP contribution in [0.3, 0.4) is 0 Å². The molecule has 3 heterocycles. The first-order chi connectivity index (χ1) is 22.4. The van der Waals surface area contributed by atoms with E-state index in [2.05, 4.69) is 42.7 Å². The van der Waals surface area contributed by atoms with E-state index in [0.717, 1.165) is 48.7 Å². The quantitative estimate of drug-likeness (QED) is 0.172. The molecule has 9 nitrogen and oxygen atoms in total. The SMILES string of the molecule is CC(Oc1cc(-c2ccc(N3CCN(COC(C)(C)C)CC3)nc2)cnc1N(COC(C)(C)C)COC(C)(C)C)c1cc(Cl)ccc1Cl. The van der Waals surface area contributed by atoms with Crippen molar-refractivity contribution in [2.45, 2.75) is 92.1 Å². The number of aromatic nitrogens is 2. The van der Waals surface area contributed by atoms with Crippen LogP contribution in [0, 0.1) is 0 Å². The molecule has 0 amide bonds. The Labute approximate surface area is 297 Å². The lowest BCUT2D eigenvalue weighted by Gasteiger charge is -2.36. The van der Waals surface area contributed by atoms with Crippen LogP contribution in [-0.4, -0.2) is 78.0 Å². The second-order valence-corrected chi connectivity index (χ2v) is 16.0. The van der Waals surface area contributed by atoms with Crippen molar-refractivity contribution in [1.82, 2.24) is 14.9 Å². The summed E-state index contributed by atoms with van der Waals surface area (Å²) in [5.74, 6) is 2.10. The van der Waals surface area contributed by atoms with Crippen molar-refractivity contribution in [2.24, 2.45) is 0 Å². The van der Waals surface area contributed by atoms with Crippen LogP contribution in [0.15, 0.2) is 48.8 Å². The molecule has 1 aromatic carbocycles. The van der Waals surface area contributed by atoms with E-state index in [1.807, 2.05) is 77.9 Å². The number of rotatable bonds is 12. The van der Waals surface area contributed by atoms with Crippen LogP contribution in [0.25, 0.3) is 11.1 Å². The standard InChI is InChI=1S/C37H53Cl2N5O4/c1-26(30-20-29(38)12-13-31(30)39)48-32-19-28(22-41-34(32)44(24-46-36(5,6)7)25-47-37(8,9)10)27-11-14-33(40-21-27)43-17-15-42(16-18-43)23-45-35(2,3)4/h11-14,19-22,26H,15-18,23-25H2,1-10H3. The van der Waals surface area contributed by atoms with E-state index in [1.54, 1.807) is 12.1 Å². The molecule has 2 aromatic heterocycles. The van der Waals surface area contributed by atoms with E-state index in [0.29, 0.717) is 28.3 Å². The maximum atomic E-state index is 6.64. The number of nitrogens with zero attached hydrogens (tertiary/aromatic N) is 5. The van der Waals surface area contributed by atoms with E-state index < -0.39 is 6.10 Å². The highest BCUT2D eigenvalue weighted by Crippen LogP contribution is 2.37. The Balaban J connectivity index is 1.61. The molecule has 1 atom stereocenters. The highest BCUT2D eigenvalue weighted by molar-refractivity contribution is 6.33. The van der Waals surface area contributed by atoms with E-state index in [-0.39, 0.29) is 30.3 Å². The monoisotopic (exact) mass is 701 g/mol. The third kappa shape index (κ3) is 11.7. The van der Waals surface area contributed by atoms with Crippen molar-refractivity contribution < 1.29 is 18.9 Å². The molecule has 1 aliphatic heterocycles. The largest absolute Gasteiger partial charge is 0.482 e. The van der Waals surface area contributed by atoms with Gasteiger partial charge in [-0.1, -0.05) is 23.2 Å². The van der Waals surface area contributed by atoms with Gasteiger partial charge in [0.05, 0.1) is 23.5 Å². The molecule has 4 rings (SSSR count). The lowest BCUT2D eigenvalue weighted by molar-refractivity contribution is -0.0645. The van der Waals surface area contributed by atoms with Crippen LogP contribution in [0.1, 0.15) is 80.9 Å². The zero-order chi connectivity index (χ0) is 35.3. The lowest BCUT2D eigenvalue weighted by atomic mass is 10.1. The number of pyridine rings is 2. The Kier molecular flexibility index (Phi) is 12.6. The Hall–Kier alpha value is -2.66. The normalized spacial score (nSPS) is 15.5. The fraction of sp³-hybridized carbons (Fsp3) is 0.568. The van der Waals surface area contributed by atoms with Crippen LogP contribution in [0.4, 0.5) is 11.6 Å². The summed E-state index contributed by atoms with van der Waals surface area (Å²) in [6.07, 6.45) is 3.31. The molecule has 0 radical (unpaired) electrons. The number of ether oxygens (including phenoxy) is 4. The minimum atomic E-state index is -0.422. The van der Waals surface area contributed by atoms with E-state index >= 15 is 0 Å². The van der Waals surface area contributed by atoms with Gasteiger partial charge in [0.15, 0.2) is 11.6 Å². The number of anilines is 2. The van der Waals surface area contributed by atoms with Crippen molar-refractivity contribution in [1.29, 1.82) is 0 Å². The number of halogens is 2. The molecular weight excluding hydrogens is 649 g/mol. The van der Waals surface area contributed by atoms with Crippen LogP contribution in [0.5, 0.6) is 5.75 Å². The zero-order valence-corrected chi connectivity index (χ0v) is 31.8. The van der Waals surface area contributed by atoms with E-state index in [9.17, 15) is 0 Å². The predicted molar refractivity (Wildman–Crippen MR) is 196 cm³/mol. The second-order valence-electron chi connectivity index (χ2n) is 15.2. The average molecular weight is 703 g/mol. The molecule has 3 aromatic rings. The number of benzene rings is 1. The maximum Gasteiger partial charge on any atom is 0.175 e. The minimum absolute atomic E-state index is 0.147. The summed E-state index contributed by atoms with van der Waals surface area (Å²) in [5.41, 5.74) is 1.68. The summed E-state index contributed by atoms with van der Waals surface area (Å²) in [6, 6.07) is 11.5. The van der Waals surface area contributed by atoms with Gasteiger partial charge in [-0.15, -0.1) is 0 Å². The minimum Gasteiger partial charge on any atom is -0.482 e. The van der Waals surface area contributed by atoms with Gasteiger partial charge in [-0.25, -0.2) is 9.97 Å². The fourth-order valence-corrected chi connectivity index (χ4v) is 5.29. The average Bonchev–Trinajstić information content (AvgIpc) is 3.00. The highest BCUT2D eigenvalue weighted by atomic mass is 35.5. The molecule has 264 valence electrons. The lowest BCUT2D eigenvalue weighted by Crippen LogP contribution is -2.48. The summed E-state index contributed by atoms with van der Waals surface area (Å²) in [4.78, 5) is 16.4. The van der Waals surface area contributed by atoms with Gasteiger partial charge in [0, 0.05) is 65.3 Å². The van der Waals surface area contributed by atoms with Gasteiger partial charge >= 0.3 is 0 Å². The summed E-state index contributed by atoms with van der Waals surface area (Å²) in [6.45, 7) is 25.1. The van der Waals surface area contributed by atoms with Crippen molar-refractivity contribution in [3.63, 3.8) is 0 Å². The van der Waals surface area contributed by atoms with E-state index in [1.165, 1.54) is 0 Å². The first-order valence-corrected chi connectivity index (χ1v) is 17.3. The number of hydrogen-bond acceptors (Lipinski definition) is 9. The van der Waals surface area contributed by atoms with Crippen LogP contribution in [-0.2, 0) is 14.2 Å². The Morgan fingerprint density at radius 1 is 0.750 bits per heavy atom. The number of hydrogen-bond donors (Lipinski definition) is 0. The molecule has 0 aliphatic carbocycles. The van der Waals surface area contributed by atoms with Gasteiger partial charge in [0.1, 0.15) is 25.4 Å². The Morgan fingerprint density at radius 2 is 1.35 bits per heavy atom. The van der Waals surface area contributed by atoms with Crippen LogP contribution < -0.4 is 14.5 Å². The summed E-state index contributed by atoms with van der Waals surface area (Å²) in [7, 11) is 0. The van der Waals surface area contributed by atoms with Crippen molar-refractivity contribution in [2.75, 3.05) is 56.2 Å². The molecule has 0 spiro atoms. The molecule has 1 saturated heterocycles. The van der Waals surface area contributed by atoms with E-state index in [4.69, 9.17) is 52.1 Å². The summed E-state index contributed by atoms with van der Waals surface area (Å²) < 4.78 is 25.0. The number of piperazine rings is 1. The molecule has 48 heavy (non-hydrogen) atoms. The Bertz CT molecular complexity index is 1460. The molecule has 1 fully saturated rings. The fourth-order valence-electron chi connectivity index (χ4n) is 4.84. The molecule has 0 saturated carbocycles. The summed E-state index contributed by atoms with van der Waals surface area (Å²) >= 11 is 12.9. The second kappa shape index (κ2) is 15.9. The van der Waals surface area contributed by atoms with Gasteiger partial charge in [0.25, 0.3) is 0 Å².